The quantitative estimate of drug-likeness (QED) is 0.799. The smallest absolute Gasteiger partial charge is 0.257 e. The maximum absolute atomic E-state index is 12.2. The lowest BCUT2D eigenvalue weighted by Gasteiger charge is -2.10. The van der Waals surface area contributed by atoms with Crippen LogP contribution in [0.25, 0.3) is 0 Å². The summed E-state index contributed by atoms with van der Waals surface area (Å²) >= 11 is 5.16. The second-order valence-electron chi connectivity index (χ2n) is 5.00. The number of hydrogen-bond donors (Lipinski definition) is 2. The Morgan fingerprint density at radius 2 is 1.91 bits per heavy atom. The number of carbonyl (C=O) groups excluding carboxylic acids is 1. The molecule has 2 aromatic rings. The molecule has 120 valence electrons. The molecule has 0 aliphatic carbocycles. The molecule has 2 aromatic carbocycles. The summed E-state index contributed by atoms with van der Waals surface area (Å²) in [6, 6.07) is 16.9. The van der Waals surface area contributed by atoms with Crippen LogP contribution in [-0.2, 0) is 6.54 Å². The van der Waals surface area contributed by atoms with Crippen molar-refractivity contribution in [3.05, 3.63) is 65.7 Å². The van der Waals surface area contributed by atoms with Gasteiger partial charge in [0.25, 0.3) is 5.91 Å². The fourth-order valence-corrected chi connectivity index (χ4v) is 2.11. The topological polar surface area (TPSA) is 50.4 Å². The summed E-state index contributed by atoms with van der Waals surface area (Å²) < 4.78 is 5.53. The highest BCUT2D eigenvalue weighted by Gasteiger charge is 2.08. The Labute approximate surface area is 141 Å². The third-order valence-corrected chi connectivity index (χ3v) is 3.34. The number of benzene rings is 2. The van der Waals surface area contributed by atoms with Crippen LogP contribution in [0.4, 0.5) is 0 Å². The van der Waals surface area contributed by atoms with E-state index in [1.165, 1.54) is 0 Å². The maximum atomic E-state index is 12.2. The highest BCUT2D eigenvalue weighted by Crippen LogP contribution is 2.13. The van der Waals surface area contributed by atoms with E-state index in [-0.39, 0.29) is 5.91 Å². The molecule has 0 radical (unpaired) electrons. The molecule has 0 aromatic heterocycles. The van der Waals surface area contributed by atoms with Gasteiger partial charge in [-0.2, -0.15) is 0 Å². The third kappa shape index (κ3) is 5.71. The molecule has 4 nitrogen and oxygen atoms in total. The number of thiocarbonyl (C=S) groups is 1. The summed E-state index contributed by atoms with van der Waals surface area (Å²) in [7, 11) is 0. The average molecular weight is 328 g/mol. The van der Waals surface area contributed by atoms with Crippen molar-refractivity contribution < 1.29 is 9.53 Å². The van der Waals surface area contributed by atoms with E-state index >= 15 is 0 Å². The molecule has 0 aliphatic rings. The predicted octanol–water partition coefficient (Wildman–Crippen LogP) is 3.28. The van der Waals surface area contributed by atoms with E-state index in [1.54, 1.807) is 18.2 Å². The zero-order chi connectivity index (χ0) is 16.5. The summed E-state index contributed by atoms with van der Waals surface area (Å²) in [6.07, 6.45) is 0.921. The fourth-order valence-electron chi connectivity index (χ4n) is 1.94. The first-order valence-corrected chi connectivity index (χ1v) is 7.96. The summed E-state index contributed by atoms with van der Waals surface area (Å²) in [5.41, 5.74) is 1.61. The fraction of sp³-hybridized carbons (Fsp3) is 0.222. The molecule has 0 saturated heterocycles. The normalized spacial score (nSPS) is 9.96. The summed E-state index contributed by atoms with van der Waals surface area (Å²) in [5.74, 6) is 0.431. The minimum absolute atomic E-state index is 0.252. The zero-order valence-corrected chi connectivity index (χ0v) is 13.9. The Morgan fingerprint density at radius 1 is 1.13 bits per heavy atom. The molecule has 0 heterocycles. The molecule has 0 unspecified atom stereocenters. The van der Waals surface area contributed by atoms with E-state index in [1.807, 2.05) is 43.3 Å². The minimum atomic E-state index is -0.252. The molecular weight excluding hydrogens is 308 g/mol. The predicted molar refractivity (Wildman–Crippen MR) is 95.6 cm³/mol. The first-order chi connectivity index (χ1) is 11.2. The monoisotopic (exact) mass is 328 g/mol. The summed E-state index contributed by atoms with van der Waals surface area (Å²) in [6.45, 7) is 3.23. The Morgan fingerprint density at radius 3 is 2.65 bits per heavy atom. The van der Waals surface area contributed by atoms with Crippen LogP contribution in [0.15, 0.2) is 54.6 Å². The van der Waals surface area contributed by atoms with E-state index < -0.39 is 0 Å². The van der Waals surface area contributed by atoms with Crippen LogP contribution in [0.1, 0.15) is 29.3 Å². The van der Waals surface area contributed by atoms with E-state index in [9.17, 15) is 4.79 Å². The third-order valence-electron chi connectivity index (χ3n) is 3.09. The van der Waals surface area contributed by atoms with Gasteiger partial charge in [0.2, 0.25) is 0 Å². The van der Waals surface area contributed by atoms with Crippen molar-refractivity contribution in [3.8, 4) is 5.75 Å². The van der Waals surface area contributed by atoms with Crippen LogP contribution in [0.2, 0.25) is 0 Å². The second-order valence-corrected chi connectivity index (χ2v) is 5.41. The van der Waals surface area contributed by atoms with Crippen molar-refractivity contribution in [1.29, 1.82) is 0 Å². The lowest BCUT2D eigenvalue weighted by atomic mass is 10.2. The summed E-state index contributed by atoms with van der Waals surface area (Å²) in [4.78, 5) is 12.2. The molecule has 0 atom stereocenters. The van der Waals surface area contributed by atoms with Gasteiger partial charge in [0, 0.05) is 12.1 Å². The molecular formula is C18H20N2O2S. The van der Waals surface area contributed by atoms with Crippen LogP contribution < -0.4 is 15.4 Å². The Hall–Kier alpha value is -2.40. The van der Waals surface area contributed by atoms with Crippen LogP contribution in [0.3, 0.4) is 0 Å². The number of hydrogen-bond acceptors (Lipinski definition) is 3. The van der Waals surface area contributed by atoms with E-state index in [0.29, 0.717) is 29.6 Å². The molecule has 1 amide bonds. The number of carbonyl (C=O) groups is 1. The Balaban J connectivity index is 1.87. The SMILES string of the molecule is CCCOc1cccc(C(=O)NC(=S)NCc2ccccc2)c1. The first-order valence-electron chi connectivity index (χ1n) is 7.55. The van der Waals surface area contributed by atoms with E-state index in [4.69, 9.17) is 17.0 Å². The van der Waals surface area contributed by atoms with Crippen molar-refractivity contribution in [2.24, 2.45) is 0 Å². The van der Waals surface area contributed by atoms with Gasteiger partial charge in [-0.25, -0.2) is 0 Å². The van der Waals surface area contributed by atoms with Gasteiger partial charge in [-0.05, 0) is 42.4 Å². The van der Waals surface area contributed by atoms with E-state index in [0.717, 1.165) is 12.0 Å². The molecule has 0 aliphatic heterocycles. The molecule has 0 spiro atoms. The number of rotatable bonds is 6. The molecule has 5 heteroatoms. The number of nitrogens with one attached hydrogen (secondary N) is 2. The molecule has 23 heavy (non-hydrogen) atoms. The largest absolute Gasteiger partial charge is 0.494 e. The van der Waals surface area contributed by atoms with Gasteiger partial charge >= 0.3 is 0 Å². The standard InChI is InChI=1S/C18H20N2O2S/c1-2-11-22-16-10-6-9-15(12-16)17(21)20-18(23)19-13-14-7-4-3-5-8-14/h3-10,12H,2,11,13H2,1H3,(H2,19,20,21,23). The van der Waals surface area contributed by atoms with Gasteiger partial charge in [-0.15, -0.1) is 0 Å². The van der Waals surface area contributed by atoms with Crippen molar-refractivity contribution in [3.63, 3.8) is 0 Å². The second kappa shape index (κ2) is 8.90. The highest BCUT2D eigenvalue weighted by atomic mass is 32.1. The minimum Gasteiger partial charge on any atom is -0.494 e. The highest BCUT2D eigenvalue weighted by molar-refractivity contribution is 7.80. The Kier molecular flexibility index (Phi) is 6.56. The van der Waals surface area contributed by atoms with E-state index in [2.05, 4.69) is 10.6 Å². The van der Waals surface area contributed by atoms with Crippen LogP contribution >= 0.6 is 12.2 Å². The van der Waals surface area contributed by atoms with Crippen LogP contribution in [-0.4, -0.2) is 17.6 Å². The first kappa shape index (κ1) is 17.0. The maximum Gasteiger partial charge on any atom is 0.257 e. The molecule has 0 bridgehead atoms. The van der Waals surface area contributed by atoms with Gasteiger partial charge in [-0.1, -0.05) is 43.3 Å². The van der Waals surface area contributed by atoms with Crippen molar-refractivity contribution in [2.45, 2.75) is 19.9 Å². The summed E-state index contributed by atoms with van der Waals surface area (Å²) in [5, 5.41) is 6.00. The molecule has 0 saturated carbocycles. The van der Waals surface area contributed by atoms with Crippen molar-refractivity contribution >= 4 is 23.2 Å². The van der Waals surface area contributed by atoms with Gasteiger partial charge in [0.05, 0.1) is 6.61 Å². The van der Waals surface area contributed by atoms with Gasteiger partial charge < -0.3 is 10.1 Å². The van der Waals surface area contributed by atoms with Gasteiger partial charge in [0.15, 0.2) is 5.11 Å². The zero-order valence-electron chi connectivity index (χ0n) is 13.0. The Bertz CT molecular complexity index is 659. The van der Waals surface area contributed by atoms with Gasteiger partial charge in [0.1, 0.15) is 5.75 Å². The molecule has 2 rings (SSSR count). The average Bonchev–Trinajstić information content (AvgIpc) is 2.59. The number of ether oxygens (including phenoxy) is 1. The van der Waals surface area contributed by atoms with Gasteiger partial charge in [-0.3, -0.25) is 10.1 Å². The van der Waals surface area contributed by atoms with Crippen LogP contribution in [0.5, 0.6) is 5.75 Å². The lowest BCUT2D eigenvalue weighted by Crippen LogP contribution is -2.38. The van der Waals surface area contributed by atoms with Crippen molar-refractivity contribution in [2.75, 3.05) is 6.61 Å². The van der Waals surface area contributed by atoms with Crippen molar-refractivity contribution in [1.82, 2.24) is 10.6 Å². The molecule has 0 fully saturated rings. The van der Waals surface area contributed by atoms with Crippen LogP contribution in [0, 0.1) is 0 Å². The lowest BCUT2D eigenvalue weighted by molar-refractivity contribution is 0.0976. The number of amides is 1. The molecule has 2 N–H and O–H groups in total.